The highest BCUT2D eigenvalue weighted by molar-refractivity contribution is 7.89. The molecule has 2 amide bonds. The van der Waals surface area contributed by atoms with Crippen molar-refractivity contribution in [3.05, 3.63) is 161 Å². The molecule has 11 nitrogen and oxygen atoms in total. The van der Waals surface area contributed by atoms with E-state index in [1.54, 1.807) is 24.3 Å². The Kier molecular flexibility index (Phi) is 15.4. The maximum atomic E-state index is 13.9. The lowest BCUT2D eigenvalue weighted by molar-refractivity contribution is -0.255. The molecule has 1 saturated carbocycles. The summed E-state index contributed by atoms with van der Waals surface area (Å²) in [4.78, 5) is 30.3. The normalized spacial score (nSPS) is 22.9. The maximum Gasteiger partial charge on any atom is 0.241 e. The molecule has 0 bridgehead atoms. The SMILES string of the molecule is Cc1ccc(S(=O)(=O)N[C@H](Cc2ccccc2)C(=O)NCc2cccc(-c3ccc([C@H]4O[C@@H](CN5[C@@H](C(=O)NC(C)(C)C)CC[C@H]6CCCC[C@H]65)C[C@@H](c5ccc(CO)cc5)O4)cc3)c2)cc1. The number of fused-ring (bicyclic) bond motifs is 1. The molecule has 8 rings (SSSR count). The van der Waals surface area contributed by atoms with Crippen LogP contribution in [-0.4, -0.2) is 66.6 Å². The van der Waals surface area contributed by atoms with E-state index in [9.17, 15) is 23.1 Å². The summed E-state index contributed by atoms with van der Waals surface area (Å²) in [5.41, 5.74) is 6.95. The zero-order valence-electron chi connectivity index (χ0n) is 39.2. The number of aryl methyl sites for hydroxylation is 1. The molecular formula is C55H66N4O7S. The van der Waals surface area contributed by atoms with Crippen LogP contribution in [0.4, 0.5) is 0 Å². The predicted molar refractivity (Wildman–Crippen MR) is 261 cm³/mol. The average Bonchev–Trinajstić information content (AvgIpc) is 3.33. The fourth-order valence-electron chi connectivity index (χ4n) is 10.0. The summed E-state index contributed by atoms with van der Waals surface area (Å²) in [6.45, 7) is 8.79. The predicted octanol–water partition coefficient (Wildman–Crippen LogP) is 8.84. The number of carbonyl (C=O) groups excluding carboxylic acids is 2. The van der Waals surface area contributed by atoms with E-state index in [2.05, 4.69) is 20.3 Å². The number of rotatable bonds is 15. The number of hydrogen-bond acceptors (Lipinski definition) is 8. The first-order valence-corrected chi connectivity index (χ1v) is 25.4. The van der Waals surface area contributed by atoms with Crippen molar-refractivity contribution in [2.75, 3.05) is 6.54 Å². The van der Waals surface area contributed by atoms with Gasteiger partial charge >= 0.3 is 0 Å². The minimum absolute atomic E-state index is 0.0340. The van der Waals surface area contributed by atoms with Gasteiger partial charge in [-0.1, -0.05) is 128 Å². The average molecular weight is 927 g/mol. The second kappa shape index (κ2) is 21.4. The molecule has 0 spiro atoms. The molecule has 67 heavy (non-hydrogen) atoms. The summed E-state index contributed by atoms with van der Waals surface area (Å²) >= 11 is 0. The number of amides is 2. The highest BCUT2D eigenvalue weighted by Gasteiger charge is 2.44. The van der Waals surface area contributed by atoms with Gasteiger partial charge in [0.1, 0.15) is 6.04 Å². The van der Waals surface area contributed by atoms with E-state index in [-0.39, 0.29) is 54.2 Å². The number of carbonyl (C=O) groups is 2. The smallest absolute Gasteiger partial charge is 0.241 e. The van der Waals surface area contributed by atoms with Crippen molar-refractivity contribution in [1.82, 2.24) is 20.3 Å². The highest BCUT2D eigenvalue weighted by Crippen LogP contribution is 2.42. The van der Waals surface area contributed by atoms with Crippen LogP contribution in [0.3, 0.4) is 0 Å². The Morgan fingerprint density at radius 3 is 2.18 bits per heavy atom. The van der Waals surface area contributed by atoms with Gasteiger partial charge in [0.2, 0.25) is 21.8 Å². The van der Waals surface area contributed by atoms with Crippen molar-refractivity contribution in [1.29, 1.82) is 0 Å². The fourth-order valence-corrected chi connectivity index (χ4v) is 11.2. The second-order valence-electron chi connectivity index (χ2n) is 19.7. The monoisotopic (exact) mass is 926 g/mol. The Labute approximate surface area is 396 Å². The van der Waals surface area contributed by atoms with Crippen LogP contribution < -0.4 is 15.4 Å². The van der Waals surface area contributed by atoms with Crippen LogP contribution in [0.15, 0.2) is 132 Å². The Hall–Kier alpha value is -5.21. The molecule has 4 N–H and O–H groups in total. The van der Waals surface area contributed by atoms with E-state index in [0.29, 0.717) is 24.9 Å². The van der Waals surface area contributed by atoms with Gasteiger partial charge in [-0.2, -0.15) is 4.72 Å². The third-order valence-electron chi connectivity index (χ3n) is 13.5. The molecule has 3 aliphatic rings. The van der Waals surface area contributed by atoms with Crippen LogP contribution in [0.2, 0.25) is 0 Å². The van der Waals surface area contributed by atoms with Gasteiger partial charge in [-0.05, 0) is 117 Å². The maximum absolute atomic E-state index is 13.9. The third-order valence-corrected chi connectivity index (χ3v) is 15.0. The molecule has 7 atom stereocenters. The van der Waals surface area contributed by atoms with E-state index in [1.165, 1.54) is 19.3 Å². The van der Waals surface area contributed by atoms with Gasteiger partial charge in [-0.15, -0.1) is 0 Å². The van der Waals surface area contributed by atoms with Gasteiger partial charge in [-0.3, -0.25) is 14.5 Å². The van der Waals surface area contributed by atoms with Crippen molar-refractivity contribution in [3.8, 4) is 11.1 Å². The molecule has 0 radical (unpaired) electrons. The summed E-state index contributed by atoms with van der Waals surface area (Å²) in [5.74, 6) is 0.242. The van der Waals surface area contributed by atoms with Gasteiger partial charge in [0.25, 0.3) is 0 Å². The first-order valence-electron chi connectivity index (χ1n) is 23.9. The van der Waals surface area contributed by atoms with Gasteiger partial charge in [-0.25, -0.2) is 8.42 Å². The second-order valence-corrected chi connectivity index (χ2v) is 21.4. The Morgan fingerprint density at radius 2 is 1.46 bits per heavy atom. The molecule has 12 heteroatoms. The lowest BCUT2D eigenvalue weighted by Crippen LogP contribution is -2.61. The number of piperidine rings is 1. The summed E-state index contributed by atoms with van der Waals surface area (Å²) in [7, 11) is -3.98. The van der Waals surface area contributed by atoms with Gasteiger partial charge in [0, 0.05) is 36.7 Å². The molecule has 3 fully saturated rings. The Morgan fingerprint density at radius 1 is 0.761 bits per heavy atom. The summed E-state index contributed by atoms with van der Waals surface area (Å²) in [6, 6.07) is 39.0. The van der Waals surface area contributed by atoms with Crippen molar-refractivity contribution >= 4 is 21.8 Å². The van der Waals surface area contributed by atoms with E-state index in [4.69, 9.17) is 9.47 Å². The van der Waals surface area contributed by atoms with Crippen LogP contribution in [-0.2, 0) is 48.7 Å². The molecule has 1 aliphatic carbocycles. The molecule has 2 heterocycles. The van der Waals surface area contributed by atoms with Crippen LogP contribution in [0.5, 0.6) is 0 Å². The molecule has 2 aliphatic heterocycles. The van der Waals surface area contributed by atoms with E-state index < -0.39 is 28.3 Å². The highest BCUT2D eigenvalue weighted by atomic mass is 32.2. The molecule has 2 saturated heterocycles. The number of hydrogen-bond donors (Lipinski definition) is 4. The fraction of sp³-hybridized carbons (Fsp3) is 0.418. The Balaban J connectivity index is 0.983. The van der Waals surface area contributed by atoms with Crippen molar-refractivity contribution in [3.63, 3.8) is 0 Å². The summed E-state index contributed by atoms with van der Waals surface area (Å²) < 4.78 is 43.2. The molecule has 5 aromatic carbocycles. The molecule has 0 aromatic heterocycles. The van der Waals surface area contributed by atoms with Gasteiger partial charge < -0.3 is 25.2 Å². The zero-order valence-corrected chi connectivity index (χ0v) is 40.0. The third kappa shape index (κ3) is 12.5. The standard InChI is InChI=1S/C55H66N4O7S/c1-37-17-28-47(29-18-37)67(63,64)58-48(32-38-11-6-5-7-12-38)52(61)56-34-40-13-10-15-45(31-40)41-23-25-44(26-24-41)54-65-46(33-51(66-54)43-21-19-39(36-60)20-22-43)35-59-49-16-9-8-14-42(49)27-30-50(59)53(62)57-55(2,3)4/h5-7,10-13,15,17-26,28-29,31,42,46,48-51,54,58,60H,8-9,14,16,27,30,32-36H2,1-4H3,(H,56,61)(H,57,62)/t42-,46-,48-,49-,50-,51+,54+/m1/s1. The number of benzene rings is 5. The Bertz CT molecular complexity index is 2550. The first-order chi connectivity index (χ1) is 32.2. The summed E-state index contributed by atoms with van der Waals surface area (Å²) in [5, 5.41) is 16.0. The van der Waals surface area contributed by atoms with Crippen molar-refractivity contribution in [2.24, 2.45) is 5.92 Å². The quantitative estimate of drug-likeness (QED) is 0.0815. The number of sulfonamides is 1. The largest absolute Gasteiger partial charge is 0.392 e. The first kappa shape index (κ1) is 48.3. The number of nitrogens with one attached hydrogen (secondary N) is 3. The number of aliphatic hydroxyl groups is 1. The topological polar surface area (TPSA) is 146 Å². The lowest BCUT2D eigenvalue weighted by Gasteiger charge is -2.50. The van der Waals surface area contributed by atoms with E-state index >= 15 is 0 Å². The van der Waals surface area contributed by atoms with Crippen LogP contribution >= 0.6 is 0 Å². The summed E-state index contributed by atoms with van der Waals surface area (Å²) in [6.07, 6.45) is 6.29. The number of nitrogens with zero attached hydrogens (tertiary/aromatic N) is 1. The minimum atomic E-state index is -3.98. The van der Waals surface area contributed by atoms with Crippen molar-refractivity contribution in [2.45, 2.75) is 139 Å². The van der Waals surface area contributed by atoms with Crippen LogP contribution in [0, 0.1) is 12.8 Å². The molecule has 5 aromatic rings. The lowest BCUT2D eigenvalue weighted by atomic mass is 9.75. The number of ether oxygens (including phenoxy) is 2. The zero-order chi connectivity index (χ0) is 47.1. The van der Waals surface area contributed by atoms with E-state index in [0.717, 1.165) is 63.8 Å². The molecule has 354 valence electrons. The van der Waals surface area contributed by atoms with Gasteiger partial charge in [0.15, 0.2) is 6.29 Å². The van der Waals surface area contributed by atoms with E-state index in [1.807, 2.05) is 131 Å². The molecule has 0 unspecified atom stereocenters. The molecular weight excluding hydrogens is 861 g/mol. The van der Waals surface area contributed by atoms with Gasteiger partial charge in [0.05, 0.1) is 29.8 Å². The van der Waals surface area contributed by atoms with Crippen molar-refractivity contribution < 1.29 is 32.6 Å². The minimum Gasteiger partial charge on any atom is -0.392 e. The van der Waals surface area contributed by atoms with Crippen LogP contribution in [0.25, 0.3) is 11.1 Å². The van der Waals surface area contributed by atoms with Crippen LogP contribution in [0.1, 0.15) is 111 Å². The number of aliphatic hydroxyl groups excluding tert-OH is 1. The number of likely N-dealkylation sites (tertiary alicyclic amines) is 1.